The van der Waals surface area contributed by atoms with Gasteiger partial charge in [0.05, 0.1) is 0 Å². The first-order valence-corrected chi connectivity index (χ1v) is 8.85. The summed E-state index contributed by atoms with van der Waals surface area (Å²) in [5.41, 5.74) is 0. The zero-order valence-corrected chi connectivity index (χ0v) is 13.6. The van der Waals surface area contributed by atoms with Gasteiger partial charge >= 0.3 is 16.1 Å². The fourth-order valence-electron chi connectivity index (χ4n) is 2.02. The number of hydrogen-bond donors (Lipinski definition) is 1. The van der Waals surface area contributed by atoms with Crippen molar-refractivity contribution in [3.63, 3.8) is 0 Å². The molecular weight excluding hydrogens is 306 g/mol. The highest BCUT2D eigenvalue weighted by atomic mass is 32.2. The van der Waals surface area contributed by atoms with Crippen molar-refractivity contribution in [2.24, 2.45) is 5.90 Å². The first-order chi connectivity index (χ1) is 10.5. The lowest BCUT2D eigenvalue weighted by Gasteiger charge is -2.09. The van der Waals surface area contributed by atoms with Crippen LogP contribution in [-0.4, -0.2) is 14.4 Å². The third kappa shape index (κ3) is 6.13. The van der Waals surface area contributed by atoms with E-state index in [0.29, 0.717) is 0 Å². The van der Waals surface area contributed by atoms with Crippen molar-refractivity contribution in [1.82, 2.24) is 0 Å². The maximum atomic E-state index is 11.8. The van der Waals surface area contributed by atoms with Gasteiger partial charge in [-0.25, -0.2) is 0 Å². The first-order valence-electron chi connectivity index (χ1n) is 7.44. The second-order valence-electron chi connectivity index (χ2n) is 4.99. The van der Waals surface area contributed by atoms with E-state index in [9.17, 15) is 13.2 Å². The Kier molecular flexibility index (Phi) is 8.08. The Bertz CT molecular complexity index is 571. The van der Waals surface area contributed by atoms with Gasteiger partial charge in [-0.05, 0) is 18.6 Å². The number of hydrogen-bond acceptors (Lipinski definition) is 6. The number of para-hydroxylation sites is 1. The van der Waals surface area contributed by atoms with Crippen LogP contribution in [-0.2, 0) is 19.2 Å². The minimum absolute atomic E-state index is 0.0658. The fourth-order valence-corrected chi connectivity index (χ4v) is 2.72. The molecule has 1 aromatic rings. The minimum atomic E-state index is -4.11. The van der Waals surface area contributed by atoms with Gasteiger partial charge in [0.1, 0.15) is 4.90 Å². The molecule has 124 valence electrons. The number of carbonyl (C=O) groups is 1. The Morgan fingerprint density at radius 3 is 2.41 bits per heavy atom. The predicted octanol–water partition coefficient (Wildman–Crippen LogP) is 2.92. The fraction of sp³-hybridized carbons (Fsp3) is 0.533. The van der Waals surface area contributed by atoms with E-state index in [4.69, 9.17) is 10.6 Å². The molecule has 0 atom stereocenters. The average Bonchev–Trinajstić information content (AvgIpc) is 2.51. The van der Waals surface area contributed by atoms with E-state index < -0.39 is 16.1 Å². The van der Waals surface area contributed by atoms with Crippen LogP contribution in [0.2, 0.25) is 0 Å². The standard InChI is InChI=1S/C15H23NO5S/c1-2-3-4-5-6-7-12-15(17)20-13-10-8-9-11-14(13)22(18,19)21-16/h8-11H,2-7,12,16H2,1H3. The molecule has 7 heteroatoms. The van der Waals surface area contributed by atoms with Gasteiger partial charge in [-0.15, -0.1) is 0 Å². The van der Waals surface area contributed by atoms with Crippen molar-refractivity contribution >= 4 is 16.1 Å². The summed E-state index contributed by atoms with van der Waals surface area (Å²) in [5.74, 6) is 4.22. The summed E-state index contributed by atoms with van der Waals surface area (Å²) in [7, 11) is -4.11. The van der Waals surface area contributed by atoms with Gasteiger partial charge in [0.2, 0.25) is 0 Å². The second kappa shape index (κ2) is 9.55. The SMILES string of the molecule is CCCCCCCCC(=O)Oc1ccccc1S(=O)(=O)ON. The van der Waals surface area contributed by atoms with E-state index in [1.807, 2.05) is 0 Å². The van der Waals surface area contributed by atoms with Gasteiger partial charge in [-0.1, -0.05) is 51.2 Å². The molecule has 0 saturated carbocycles. The molecule has 0 radical (unpaired) electrons. The number of benzene rings is 1. The Morgan fingerprint density at radius 1 is 1.09 bits per heavy atom. The molecule has 0 aliphatic carbocycles. The van der Waals surface area contributed by atoms with Crippen LogP contribution < -0.4 is 10.6 Å². The van der Waals surface area contributed by atoms with Gasteiger partial charge in [0, 0.05) is 6.42 Å². The number of ether oxygens (including phenoxy) is 1. The highest BCUT2D eigenvalue weighted by Gasteiger charge is 2.21. The first kappa shape index (κ1) is 18.6. The molecule has 22 heavy (non-hydrogen) atoms. The van der Waals surface area contributed by atoms with E-state index >= 15 is 0 Å². The number of esters is 1. The maximum Gasteiger partial charge on any atom is 0.316 e. The molecule has 0 heterocycles. The normalized spacial score (nSPS) is 11.4. The lowest BCUT2D eigenvalue weighted by molar-refractivity contribution is -0.134. The molecule has 0 spiro atoms. The molecular formula is C15H23NO5S. The van der Waals surface area contributed by atoms with Crippen molar-refractivity contribution in [3.05, 3.63) is 24.3 Å². The van der Waals surface area contributed by atoms with Crippen LogP contribution in [0.5, 0.6) is 5.75 Å². The van der Waals surface area contributed by atoms with Crippen molar-refractivity contribution in [1.29, 1.82) is 0 Å². The molecule has 1 aromatic carbocycles. The van der Waals surface area contributed by atoms with Gasteiger partial charge in [-0.2, -0.15) is 18.6 Å². The maximum absolute atomic E-state index is 11.8. The minimum Gasteiger partial charge on any atom is -0.425 e. The average molecular weight is 329 g/mol. The number of rotatable bonds is 10. The van der Waals surface area contributed by atoms with Gasteiger partial charge in [0.15, 0.2) is 5.75 Å². The van der Waals surface area contributed by atoms with Gasteiger partial charge in [-0.3, -0.25) is 4.79 Å². The molecule has 0 aliphatic heterocycles. The zero-order chi connectivity index (χ0) is 16.4. The van der Waals surface area contributed by atoms with Crippen molar-refractivity contribution in [3.8, 4) is 5.75 Å². The summed E-state index contributed by atoms with van der Waals surface area (Å²) >= 11 is 0. The zero-order valence-electron chi connectivity index (χ0n) is 12.8. The van der Waals surface area contributed by atoms with Crippen molar-refractivity contribution < 1.29 is 22.2 Å². The Morgan fingerprint density at radius 2 is 1.73 bits per heavy atom. The van der Waals surface area contributed by atoms with Crippen molar-refractivity contribution in [2.45, 2.75) is 56.8 Å². The Balaban J connectivity index is 2.52. The quantitative estimate of drug-likeness (QED) is 0.307. The number of carbonyl (C=O) groups excluding carboxylic acids is 1. The lowest BCUT2D eigenvalue weighted by Crippen LogP contribution is -2.15. The van der Waals surface area contributed by atoms with Crippen LogP contribution in [0.1, 0.15) is 51.9 Å². The van der Waals surface area contributed by atoms with E-state index in [1.165, 1.54) is 37.5 Å². The number of nitrogens with two attached hydrogens (primary N) is 1. The van der Waals surface area contributed by atoms with Crippen LogP contribution in [0, 0.1) is 0 Å². The van der Waals surface area contributed by atoms with Crippen LogP contribution >= 0.6 is 0 Å². The highest BCUT2D eigenvalue weighted by molar-refractivity contribution is 7.86. The van der Waals surface area contributed by atoms with E-state index in [1.54, 1.807) is 6.07 Å². The Labute approximate surface area is 131 Å². The highest BCUT2D eigenvalue weighted by Crippen LogP contribution is 2.24. The summed E-state index contributed by atoms with van der Waals surface area (Å²) < 4.78 is 32.3. The largest absolute Gasteiger partial charge is 0.425 e. The third-order valence-corrected chi connectivity index (χ3v) is 4.33. The number of unbranched alkanes of at least 4 members (excludes halogenated alkanes) is 5. The molecule has 0 saturated heterocycles. The summed E-state index contributed by atoms with van der Waals surface area (Å²) in [6.45, 7) is 2.15. The molecule has 0 fully saturated rings. The molecule has 0 amide bonds. The van der Waals surface area contributed by atoms with E-state index in [-0.39, 0.29) is 17.1 Å². The summed E-state index contributed by atoms with van der Waals surface area (Å²) in [6, 6.07) is 5.74. The van der Waals surface area contributed by atoms with Crippen LogP contribution in [0.15, 0.2) is 29.2 Å². The second-order valence-corrected chi connectivity index (χ2v) is 6.53. The third-order valence-electron chi connectivity index (χ3n) is 3.20. The molecule has 1 rings (SSSR count). The topological polar surface area (TPSA) is 95.7 Å². The van der Waals surface area contributed by atoms with Gasteiger partial charge in [0.25, 0.3) is 0 Å². The van der Waals surface area contributed by atoms with E-state index in [0.717, 1.165) is 19.3 Å². The summed E-state index contributed by atoms with van der Waals surface area (Å²) in [4.78, 5) is 11.5. The van der Waals surface area contributed by atoms with Crippen LogP contribution in [0.4, 0.5) is 0 Å². The van der Waals surface area contributed by atoms with Crippen LogP contribution in [0.3, 0.4) is 0 Å². The molecule has 0 aromatic heterocycles. The smallest absolute Gasteiger partial charge is 0.316 e. The molecule has 0 bridgehead atoms. The Hall–Kier alpha value is -1.44. The van der Waals surface area contributed by atoms with Gasteiger partial charge < -0.3 is 4.74 Å². The molecule has 0 aliphatic rings. The lowest BCUT2D eigenvalue weighted by atomic mass is 10.1. The summed E-state index contributed by atoms with van der Waals surface area (Å²) in [6.07, 6.45) is 6.58. The molecule has 2 N–H and O–H groups in total. The molecule has 0 unspecified atom stereocenters. The molecule has 6 nitrogen and oxygen atoms in total. The van der Waals surface area contributed by atoms with E-state index in [2.05, 4.69) is 11.2 Å². The van der Waals surface area contributed by atoms with Crippen molar-refractivity contribution in [2.75, 3.05) is 0 Å². The monoisotopic (exact) mass is 329 g/mol. The predicted molar refractivity (Wildman–Crippen MR) is 82.5 cm³/mol. The summed E-state index contributed by atoms with van der Waals surface area (Å²) in [5, 5.41) is 0. The van der Waals surface area contributed by atoms with Crippen LogP contribution in [0.25, 0.3) is 0 Å².